The van der Waals surface area contributed by atoms with Gasteiger partial charge in [0, 0.05) is 44.3 Å². The van der Waals surface area contributed by atoms with Crippen molar-refractivity contribution >= 4 is 82.2 Å². The van der Waals surface area contributed by atoms with E-state index < -0.39 is 16.1 Å². The van der Waals surface area contributed by atoms with Crippen LogP contribution in [0.2, 0.25) is 39.3 Å². The summed E-state index contributed by atoms with van der Waals surface area (Å²) in [5.41, 5.74) is 6.18. The minimum Gasteiger partial charge on any atom is -0.508 e. The molecule has 0 heterocycles. The number of rotatable bonds is 8. The maximum Gasteiger partial charge on any atom is 0.115 e. The second-order valence-corrected chi connectivity index (χ2v) is 25.2. The van der Waals surface area contributed by atoms with Crippen molar-refractivity contribution in [3.8, 4) is 11.5 Å². The van der Waals surface area contributed by atoms with Crippen LogP contribution in [0.15, 0.2) is 146 Å². The molecule has 0 bridgehead atoms. The SMILES string of the molecule is C[Si](C)(C)c1ccc(N(c2ccc(O)cc2)c2c3ccccc3c(N(c3ccc(O)cc3)c3ccc([Si](C)(C)C)cc3)c3ccccc23)cc1. The lowest BCUT2D eigenvalue weighted by molar-refractivity contribution is 0.475. The van der Waals surface area contributed by atoms with Crippen LogP contribution in [0.4, 0.5) is 34.1 Å². The van der Waals surface area contributed by atoms with E-state index in [1.807, 2.05) is 24.3 Å². The Hall–Kier alpha value is -5.31. The maximum absolute atomic E-state index is 10.3. The van der Waals surface area contributed by atoms with Gasteiger partial charge < -0.3 is 20.0 Å². The molecule has 250 valence electrons. The lowest BCUT2D eigenvalue weighted by atomic mass is 9.95. The zero-order valence-corrected chi connectivity index (χ0v) is 31.6. The summed E-state index contributed by atoms with van der Waals surface area (Å²) in [5.74, 6) is 0.468. The topological polar surface area (TPSA) is 46.9 Å². The fourth-order valence-electron chi connectivity index (χ4n) is 6.80. The summed E-state index contributed by atoms with van der Waals surface area (Å²) < 4.78 is 0. The lowest BCUT2D eigenvalue weighted by Gasteiger charge is -2.33. The predicted octanol–water partition coefficient (Wildman–Crippen LogP) is 11.4. The van der Waals surface area contributed by atoms with Crippen LogP contribution in [0.3, 0.4) is 0 Å². The Morgan fingerprint density at radius 2 is 0.580 bits per heavy atom. The third-order valence-corrected chi connectivity index (χ3v) is 13.7. The molecular formula is C44H44N2O2Si2. The summed E-state index contributed by atoms with van der Waals surface area (Å²) in [5, 5.41) is 27.8. The molecule has 0 saturated heterocycles. The first-order valence-corrected chi connectivity index (χ1v) is 24.2. The Balaban J connectivity index is 1.56. The lowest BCUT2D eigenvalue weighted by Crippen LogP contribution is -2.37. The highest BCUT2D eigenvalue weighted by molar-refractivity contribution is 6.89. The van der Waals surface area contributed by atoms with Crippen molar-refractivity contribution in [2.75, 3.05) is 9.80 Å². The summed E-state index contributed by atoms with van der Waals surface area (Å²) >= 11 is 0. The van der Waals surface area contributed by atoms with Gasteiger partial charge in [-0.3, -0.25) is 0 Å². The van der Waals surface area contributed by atoms with E-state index in [1.54, 1.807) is 24.3 Å². The normalized spacial score (nSPS) is 12.0. The highest BCUT2D eigenvalue weighted by atomic mass is 28.3. The van der Waals surface area contributed by atoms with Gasteiger partial charge in [0.2, 0.25) is 0 Å². The number of nitrogens with zero attached hydrogens (tertiary/aromatic N) is 2. The van der Waals surface area contributed by atoms with Gasteiger partial charge in [-0.25, -0.2) is 0 Å². The molecule has 0 aromatic heterocycles. The zero-order valence-electron chi connectivity index (χ0n) is 29.6. The Kier molecular flexibility index (Phi) is 8.54. The average Bonchev–Trinajstić information content (AvgIpc) is 3.10. The second kappa shape index (κ2) is 12.9. The molecule has 0 aliphatic heterocycles. The number of hydrogen-bond donors (Lipinski definition) is 2. The largest absolute Gasteiger partial charge is 0.508 e. The summed E-state index contributed by atoms with van der Waals surface area (Å²) in [6.45, 7) is 14.2. The molecule has 50 heavy (non-hydrogen) atoms. The summed E-state index contributed by atoms with van der Waals surface area (Å²) in [4.78, 5) is 4.66. The molecule has 0 fully saturated rings. The average molecular weight is 689 g/mol. The van der Waals surface area contributed by atoms with Gasteiger partial charge in [-0.05, 0) is 72.8 Å². The molecule has 7 aromatic rings. The third kappa shape index (κ3) is 6.28. The Morgan fingerprint density at radius 3 is 0.820 bits per heavy atom. The molecule has 4 nitrogen and oxygen atoms in total. The highest BCUT2D eigenvalue weighted by Gasteiger charge is 2.26. The Morgan fingerprint density at radius 1 is 0.340 bits per heavy atom. The van der Waals surface area contributed by atoms with E-state index >= 15 is 0 Å². The van der Waals surface area contributed by atoms with Crippen molar-refractivity contribution in [2.24, 2.45) is 0 Å². The number of phenolic OH excluding ortho intramolecular Hbond substituents is 2. The first-order valence-electron chi connectivity index (χ1n) is 17.2. The standard InChI is InChI=1S/C44H44N2O2Si2/c1-49(2,3)37-27-19-33(20-28-37)45(31-15-23-35(47)24-16-31)43-39-11-7-9-13-41(39)44(42-14-10-8-12-40(42)43)46(32-17-25-36(48)26-18-32)34-21-29-38(30-22-34)50(4,5)6/h7-30,47-48H,1-6H3. The van der Waals surface area contributed by atoms with Crippen LogP contribution >= 0.6 is 0 Å². The second-order valence-electron chi connectivity index (χ2n) is 15.1. The van der Waals surface area contributed by atoms with Crippen LogP contribution in [-0.4, -0.2) is 26.4 Å². The van der Waals surface area contributed by atoms with Gasteiger partial charge in [0.25, 0.3) is 0 Å². The quantitative estimate of drug-likeness (QED) is 0.0948. The number of anilines is 6. The van der Waals surface area contributed by atoms with E-state index in [0.717, 1.165) is 55.7 Å². The van der Waals surface area contributed by atoms with Crippen molar-refractivity contribution in [2.45, 2.75) is 39.3 Å². The number of fused-ring (bicyclic) bond motifs is 2. The molecule has 7 aromatic carbocycles. The van der Waals surface area contributed by atoms with Crippen LogP contribution in [0, 0.1) is 0 Å². The zero-order chi connectivity index (χ0) is 35.2. The van der Waals surface area contributed by atoms with Crippen molar-refractivity contribution in [3.63, 3.8) is 0 Å². The van der Waals surface area contributed by atoms with E-state index in [4.69, 9.17) is 0 Å². The monoisotopic (exact) mass is 688 g/mol. The molecular weight excluding hydrogens is 645 g/mol. The summed E-state index contributed by atoms with van der Waals surface area (Å²) in [6, 6.07) is 50.4. The number of phenols is 2. The predicted molar refractivity (Wildman–Crippen MR) is 220 cm³/mol. The summed E-state index contributed by atoms with van der Waals surface area (Å²) in [6.07, 6.45) is 0. The number of aromatic hydroxyl groups is 2. The van der Waals surface area contributed by atoms with Gasteiger partial charge in [0.15, 0.2) is 0 Å². The maximum atomic E-state index is 10.3. The molecule has 0 spiro atoms. The molecule has 0 atom stereocenters. The number of hydrogen-bond acceptors (Lipinski definition) is 4. The van der Waals surface area contributed by atoms with E-state index in [1.165, 1.54) is 10.4 Å². The molecule has 0 saturated carbocycles. The molecule has 0 aliphatic carbocycles. The minimum absolute atomic E-state index is 0.234. The van der Waals surface area contributed by atoms with Crippen LogP contribution in [0.5, 0.6) is 11.5 Å². The first-order chi connectivity index (χ1) is 23.9. The molecule has 0 unspecified atom stereocenters. The molecule has 2 N–H and O–H groups in total. The van der Waals surface area contributed by atoms with Crippen LogP contribution in [0.1, 0.15) is 0 Å². The van der Waals surface area contributed by atoms with Crippen molar-refractivity contribution in [3.05, 3.63) is 146 Å². The smallest absolute Gasteiger partial charge is 0.115 e. The Labute approximate surface area is 297 Å². The van der Waals surface area contributed by atoms with Gasteiger partial charge in [0.05, 0.1) is 27.5 Å². The minimum atomic E-state index is -1.52. The van der Waals surface area contributed by atoms with Crippen LogP contribution in [-0.2, 0) is 0 Å². The molecule has 6 heteroatoms. The van der Waals surface area contributed by atoms with Gasteiger partial charge in [-0.2, -0.15) is 0 Å². The van der Waals surface area contributed by atoms with E-state index in [9.17, 15) is 10.2 Å². The van der Waals surface area contributed by atoms with Crippen molar-refractivity contribution < 1.29 is 10.2 Å². The van der Waals surface area contributed by atoms with E-state index in [2.05, 4.69) is 146 Å². The first kappa shape index (κ1) is 33.2. The van der Waals surface area contributed by atoms with Crippen molar-refractivity contribution in [1.29, 1.82) is 0 Å². The molecule has 7 rings (SSSR count). The fourth-order valence-corrected chi connectivity index (χ4v) is 9.14. The molecule has 0 radical (unpaired) electrons. The molecule has 0 amide bonds. The van der Waals surface area contributed by atoms with Gasteiger partial charge >= 0.3 is 0 Å². The van der Waals surface area contributed by atoms with Gasteiger partial charge in [0.1, 0.15) is 11.5 Å². The molecule has 0 aliphatic rings. The third-order valence-electron chi connectivity index (χ3n) is 9.52. The van der Waals surface area contributed by atoms with E-state index in [-0.39, 0.29) is 11.5 Å². The number of benzene rings is 7. The Bertz CT molecular complexity index is 2070. The van der Waals surface area contributed by atoms with Gasteiger partial charge in [-0.1, -0.05) is 122 Å². The van der Waals surface area contributed by atoms with Gasteiger partial charge in [-0.15, -0.1) is 0 Å². The van der Waals surface area contributed by atoms with Crippen LogP contribution in [0.25, 0.3) is 21.5 Å². The van der Waals surface area contributed by atoms with E-state index in [0.29, 0.717) is 0 Å². The highest BCUT2D eigenvalue weighted by Crippen LogP contribution is 2.51. The van der Waals surface area contributed by atoms with Crippen LogP contribution < -0.4 is 20.2 Å². The summed E-state index contributed by atoms with van der Waals surface area (Å²) in [7, 11) is -3.03. The fraction of sp³-hybridized carbons (Fsp3) is 0.136. The van der Waals surface area contributed by atoms with Crippen molar-refractivity contribution in [1.82, 2.24) is 0 Å².